The number of carbonyl (C=O) groups is 2. The quantitative estimate of drug-likeness (QED) is 0.490. The molecule has 0 aliphatic heterocycles. The van der Waals surface area contributed by atoms with Crippen LogP contribution in [0.5, 0.6) is 0 Å². The number of carbonyl (C=O) groups excluding carboxylic acids is 2. The van der Waals surface area contributed by atoms with Gasteiger partial charge in [0.15, 0.2) is 0 Å². The van der Waals surface area contributed by atoms with Gasteiger partial charge >= 0.3 is 0 Å². The monoisotopic (exact) mass is 296 g/mol. The molecule has 1 fully saturated rings. The predicted molar refractivity (Wildman–Crippen MR) is 82.6 cm³/mol. The van der Waals surface area contributed by atoms with Crippen molar-refractivity contribution in [3.05, 3.63) is 12.7 Å². The van der Waals surface area contributed by atoms with E-state index in [9.17, 15) is 14.7 Å². The van der Waals surface area contributed by atoms with Crippen LogP contribution in [-0.2, 0) is 9.59 Å². The third kappa shape index (κ3) is 4.30. The van der Waals surface area contributed by atoms with Gasteiger partial charge in [-0.05, 0) is 31.6 Å². The fraction of sp³-hybridized carbons (Fsp3) is 0.750. The highest BCUT2D eigenvalue weighted by atomic mass is 16.3. The molecule has 0 bridgehead atoms. The van der Waals surface area contributed by atoms with Crippen molar-refractivity contribution in [3.63, 3.8) is 0 Å². The Labute approximate surface area is 127 Å². The van der Waals surface area contributed by atoms with Crippen molar-refractivity contribution in [3.8, 4) is 0 Å². The fourth-order valence-electron chi connectivity index (χ4n) is 3.13. The zero-order valence-electron chi connectivity index (χ0n) is 13.2. The predicted octanol–water partition coefficient (Wildman–Crippen LogP) is 1.37. The summed E-state index contributed by atoms with van der Waals surface area (Å²) in [5, 5.41) is 15.4. The van der Waals surface area contributed by atoms with Crippen LogP contribution in [-0.4, -0.2) is 35.6 Å². The maximum Gasteiger partial charge on any atom is 0.246 e. The zero-order valence-corrected chi connectivity index (χ0v) is 13.2. The van der Waals surface area contributed by atoms with E-state index in [2.05, 4.69) is 24.1 Å². The Kier molecular flexibility index (Phi) is 6.89. The third-order valence-corrected chi connectivity index (χ3v) is 4.34. The van der Waals surface area contributed by atoms with Crippen LogP contribution in [0.1, 0.15) is 46.0 Å². The summed E-state index contributed by atoms with van der Waals surface area (Å²) in [5.74, 6) is -0.503. The van der Waals surface area contributed by atoms with Gasteiger partial charge in [-0.15, -0.1) is 6.58 Å². The van der Waals surface area contributed by atoms with Crippen LogP contribution in [0.4, 0.5) is 0 Å². The van der Waals surface area contributed by atoms with Crippen LogP contribution >= 0.6 is 0 Å². The molecule has 0 aromatic rings. The van der Waals surface area contributed by atoms with E-state index in [0.717, 1.165) is 19.3 Å². The van der Waals surface area contributed by atoms with Gasteiger partial charge in [-0.3, -0.25) is 9.59 Å². The molecule has 0 heterocycles. The number of hydrogen-bond acceptors (Lipinski definition) is 3. The molecule has 1 saturated carbocycles. The number of aliphatic hydroxyl groups is 1. The molecule has 0 aromatic heterocycles. The molecule has 3 atom stereocenters. The first-order valence-electron chi connectivity index (χ1n) is 7.80. The Morgan fingerprint density at radius 1 is 1.43 bits per heavy atom. The Morgan fingerprint density at radius 2 is 2.14 bits per heavy atom. The third-order valence-electron chi connectivity index (χ3n) is 4.34. The molecule has 1 aliphatic carbocycles. The van der Waals surface area contributed by atoms with Crippen LogP contribution in [0, 0.1) is 11.8 Å². The van der Waals surface area contributed by atoms with Crippen LogP contribution in [0.2, 0.25) is 0 Å². The summed E-state index contributed by atoms with van der Waals surface area (Å²) in [6.45, 7) is 7.76. The van der Waals surface area contributed by atoms with Crippen molar-refractivity contribution in [2.75, 3.05) is 13.2 Å². The summed E-state index contributed by atoms with van der Waals surface area (Å²) in [5.41, 5.74) is -1.02. The number of amides is 2. The van der Waals surface area contributed by atoms with Crippen molar-refractivity contribution in [1.82, 2.24) is 10.6 Å². The molecule has 0 spiro atoms. The lowest BCUT2D eigenvalue weighted by Crippen LogP contribution is -2.65. The standard InChI is InChI=1S/C16H28N2O3/c1-4-6-9-17-15(21)16(18-12(3)20)10-13(5-2)7-8-14(16)11-19/h5,13-14,19H,2,4,6-11H2,1,3H3,(H,17,21)(H,18,20)/t13-,14?,16?/m1/s1. The Morgan fingerprint density at radius 3 is 2.67 bits per heavy atom. The minimum atomic E-state index is -1.02. The molecule has 3 N–H and O–H groups in total. The smallest absolute Gasteiger partial charge is 0.246 e. The Balaban J connectivity index is 2.99. The SMILES string of the molecule is C=C[C@@H]1CCC(CO)C(NC(C)=O)(C(=O)NCCCC)C1. The van der Waals surface area contributed by atoms with Gasteiger partial charge in [0.25, 0.3) is 0 Å². The van der Waals surface area contributed by atoms with Crippen LogP contribution in [0.25, 0.3) is 0 Å². The van der Waals surface area contributed by atoms with Gasteiger partial charge in [0, 0.05) is 26.0 Å². The van der Waals surface area contributed by atoms with Gasteiger partial charge in [0.2, 0.25) is 11.8 Å². The summed E-state index contributed by atoms with van der Waals surface area (Å²) in [7, 11) is 0. The highest BCUT2D eigenvalue weighted by Crippen LogP contribution is 2.38. The van der Waals surface area contributed by atoms with E-state index in [1.165, 1.54) is 6.92 Å². The maximum atomic E-state index is 12.7. The van der Waals surface area contributed by atoms with Crippen molar-refractivity contribution in [2.24, 2.45) is 11.8 Å². The van der Waals surface area contributed by atoms with Crippen molar-refractivity contribution in [1.29, 1.82) is 0 Å². The number of hydrogen-bond donors (Lipinski definition) is 3. The normalized spacial score (nSPS) is 28.7. The molecule has 0 aromatic carbocycles. The number of allylic oxidation sites excluding steroid dienone is 1. The molecule has 1 aliphatic rings. The molecule has 21 heavy (non-hydrogen) atoms. The van der Waals surface area contributed by atoms with Crippen LogP contribution in [0.3, 0.4) is 0 Å². The minimum Gasteiger partial charge on any atom is -0.396 e. The second kappa shape index (κ2) is 8.17. The lowest BCUT2D eigenvalue weighted by molar-refractivity contribution is -0.138. The first-order valence-corrected chi connectivity index (χ1v) is 7.80. The van der Waals surface area contributed by atoms with Crippen molar-refractivity contribution >= 4 is 11.8 Å². The van der Waals surface area contributed by atoms with E-state index in [0.29, 0.717) is 19.4 Å². The number of nitrogens with one attached hydrogen (secondary N) is 2. The van der Waals surface area contributed by atoms with Crippen LogP contribution in [0.15, 0.2) is 12.7 Å². The highest BCUT2D eigenvalue weighted by Gasteiger charge is 2.49. The van der Waals surface area contributed by atoms with E-state index < -0.39 is 5.54 Å². The molecule has 5 heteroatoms. The zero-order chi connectivity index (χ0) is 15.9. The van der Waals surface area contributed by atoms with E-state index in [4.69, 9.17) is 0 Å². The van der Waals surface area contributed by atoms with Gasteiger partial charge in [-0.25, -0.2) is 0 Å². The average molecular weight is 296 g/mol. The van der Waals surface area contributed by atoms with Crippen molar-refractivity contribution < 1.29 is 14.7 Å². The summed E-state index contributed by atoms with van der Waals surface area (Å²) < 4.78 is 0. The molecule has 0 saturated heterocycles. The highest BCUT2D eigenvalue weighted by molar-refractivity contribution is 5.91. The molecule has 1 rings (SSSR count). The van der Waals surface area contributed by atoms with Gasteiger partial charge in [0.1, 0.15) is 5.54 Å². The first-order chi connectivity index (χ1) is 10.00. The second-order valence-electron chi connectivity index (χ2n) is 5.92. The Hall–Kier alpha value is -1.36. The van der Waals surface area contributed by atoms with E-state index in [-0.39, 0.29) is 30.3 Å². The first kappa shape index (κ1) is 17.7. The molecular weight excluding hydrogens is 268 g/mol. The number of aliphatic hydroxyl groups excluding tert-OH is 1. The van der Waals surface area contributed by atoms with E-state index >= 15 is 0 Å². The van der Waals surface area contributed by atoms with E-state index in [1.54, 1.807) is 0 Å². The van der Waals surface area contributed by atoms with Gasteiger partial charge in [0.05, 0.1) is 0 Å². The number of unbranched alkanes of at least 4 members (excludes halogenated alkanes) is 1. The van der Waals surface area contributed by atoms with Crippen LogP contribution < -0.4 is 10.6 Å². The average Bonchev–Trinajstić information content (AvgIpc) is 2.46. The van der Waals surface area contributed by atoms with Gasteiger partial charge < -0.3 is 15.7 Å². The lowest BCUT2D eigenvalue weighted by atomic mass is 9.68. The van der Waals surface area contributed by atoms with Crippen molar-refractivity contribution in [2.45, 2.75) is 51.5 Å². The molecular formula is C16H28N2O3. The molecule has 120 valence electrons. The molecule has 2 amide bonds. The molecule has 5 nitrogen and oxygen atoms in total. The molecule has 0 radical (unpaired) electrons. The summed E-state index contributed by atoms with van der Waals surface area (Å²) in [6, 6.07) is 0. The maximum absolute atomic E-state index is 12.7. The van der Waals surface area contributed by atoms with Gasteiger partial charge in [-0.2, -0.15) is 0 Å². The largest absolute Gasteiger partial charge is 0.396 e. The summed E-state index contributed by atoms with van der Waals surface area (Å²) in [6.07, 6.45) is 5.82. The van der Waals surface area contributed by atoms with E-state index in [1.807, 2.05) is 6.08 Å². The molecule has 2 unspecified atom stereocenters. The summed E-state index contributed by atoms with van der Waals surface area (Å²) in [4.78, 5) is 24.3. The lowest BCUT2D eigenvalue weighted by Gasteiger charge is -2.44. The fourth-order valence-corrected chi connectivity index (χ4v) is 3.13. The summed E-state index contributed by atoms with van der Waals surface area (Å²) >= 11 is 0. The number of rotatable bonds is 7. The second-order valence-corrected chi connectivity index (χ2v) is 5.92. The topological polar surface area (TPSA) is 78.4 Å². The van der Waals surface area contributed by atoms with Gasteiger partial charge in [-0.1, -0.05) is 19.4 Å². The minimum absolute atomic E-state index is 0.106. The Bertz CT molecular complexity index is 384.